The maximum absolute atomic E-state index is 12.4. The van der Waals surface area contributed by atoms with Gasteiger partial charge in [0.05, 0.1) is 56.9 Å². The van der Waals surface area contributed by atoms with Gasteiger partial charge < -0.3 is 51.6 Å². The molecule has 25 nitrogen and oxygen atoms in total. The van der Waals surface area contributed by atoms with Crippen molar-refractivity contribution in [1.29, 1.82) is 0 Å². The summed E-state index contributed by atoms with van der Waals surface area (Å²) in [5, 5.41) is 45.2. The molecule has 0 saturated heterocycles. The zero-order valence-electron chi connectivity index (χ0n) is 48.3. The standard InChI is InChI=1S/C17H13F2N5O3.C17H15F2N5O.C16H13N5O3.C2HClF2O2.BBr3.2ClH.2Na.H2O.Sn/c1-10-2-3-12(24(25)26)7-15(10)23-17-21-5-4-14(22-17)11-6-13(9-20-8-11)27-16(18)19;1-10-2-3-12(20)7-15(10)24-17-22-5-4-14(23-17)11-6-13(9-21-8-11)25-16(18)19;1-10-2-3-12(21(23)24)7-15(10)20-16-18-5-4-14(19-16)11-6-13(22)9-17-8-11;3-2(4,5)1(6)7;2-1(3)4;;;;;;/h2-9,16H,1H3,(H,21,22,23);2-9,16H,20H2,1H3,(H,22,23,24);2-9,22H,1H3,(H,18,19,20);(H,6,7);;2*1H;;;1H2;/q;;;;;;;2*+1;;+2/p-4. The Hall–Kier alpha value is -6.07. The number of hydrogen-bond donors (Lipinski definition) is 5. The molecule has 478 valence electrons. The van der Waals surface area contributed by atoms with Gasteiger partial charge in [-0.2, -0.15) is 26.3 Å². The molecule has 9 aromatic rings. The van der Waals surface area contributed by atoms with Gasteiger partial charge in [0.25, 0.3) is 11.4 Å². The van der Waals surface area contributed by atoms with Crippen LogP contribution in [0.3, 0.4) is 0 Å². The number of aliphatic carboxylic acids is 1. The number of carboxylic acids is 1. The Balaban J connectivity index is 0.000000623. The van der Waals surface area contributed by atoms with Crippen molar-refractivity contribution in [2.45, 2.75) is 39.4 Å². The Morgan fingerprint density at radius 3 is 1.24 bits per heavy atom. The molecule has 0 aliphatic heterocycles. The van der Waals surface area contributed by atoms with Crippen molar-refractivity contribution in [3.05, 3.63) is 184 Å². The molecule has 0 spiro atoms. The molecule has 93 heavy (non-hydrogen) atoms. The molecule has 3 aromatic carbocycles. The summed E-state index contributed by atoms with van der Waals surface area (Å²) >= 11 is 12.4. The number of nitrogen functional groups attached to an aromatic ring is 1. The number of aromatic hydroxyl groups is 1. The number of non-ortho nitro benzene ring substituents is 2. The van der Waals surface area contributed by atoms with E-state index in [1.54, 1.807) is 68.0 Å². The van der Waals surface area contributed by atoms with E-state index in [0.29, 0.717) is 62.7 Å². The van der Waals surface area contributed by atoms with E-state index in [4.69, 9.17) is 33.5 Å². The van der Waals surface area contributed by atoms with Crippen molar-refractivity contribution >= 4 is 157 Å². The summed E-state index contributed by atoms with van der Waals surface area (Å²) in [4.78, 5) is 67.0. The van der Waals surface area contributed by atoms with Crippen molar-refractivity contribution in [3.63, 3.8) is 0 Å². The van der Waals surface area contributed by atoms with Crippen LogP contribution >= 0.6 is 76.7 Å². The van der Waals surface area contributed by atoms with Gasteiger partial charge in [0.2, 0.25) is 17.8 Å². The smallest absolute Gasteiger partial charge is 0.870 e. The molecule has 0 fully saturated rings. The fourth-order valence-electron chi connectivity index (χ4n) is 6.61. The number of ether oxygens (including phenoxy) is 2. The second-order valence-corrected chi connectivity index (χ2v) is 28.0. The SMILES string of the molecule is BrB(Br)Br.Cc1ccc(N)cc1Nc1nccc(-c2cncc(OC(F)F)c2)n1.Cc1ccc([N+](=O)[O-])cc1Nc1nccc(-c2cncc(O)c2)n1.Cc1ccc([N+](=O)[O-])cc1Nc1nccc(-c2cncc(OC(F)F)c2)n1.O=C([O-])C(F)(F)Cl.[Cl][Sn][Cl].[Na+].[Na+].[OH-]. The number of carbonyl (C=O) groups excluding carboxylic acids is 1. The van der Waals surface area contributed by atoms with E-state index in [-0.39, 0.29) is 102 Å². The molecule has 0 aliphatic carbocycles. The number of aromatic nitrogens is 9. The van der Waals surface area contributed by atoms with Crippen LogP contribution in [-0.4, -0.2) is 112 Å². The van der Waals surface area contributed by atoms with E-state index >= 15 is 0 Å². The summed E-state index contributed by atoms with van der Waals surface area (Å²) in [7, 11) is 9.87. The van der Waals surface area contributed by atoms with Crippen LogP contribution in [-0.2, 0) is 4.79 Å². The summed E-state index contributed by atoms with van der Waals surface area (Å²) in [6.07, 6.45) is 12.8. The number of nitrogens with zero attached hydrogens (tertiary/aromatic N) is 11. The van der Waals surface area contributed by atoms with Crippen molar-refractivity contribution in [3.8, 4) is 51.0 Å². The topological polar surface area (TPSA) is 373 Å². The molecule has 6 heterocycles. The zero-order valence-corrected chi connectivity index (χ0v) is 62.2. The van der Waals surface area contributed by atoms with Crippen LogP contribution < -0.4 is 95.4 Å². The molecule has 6 aromatic heterocycles. The minimum Gasteiger partial charge on any atom is -0.870 e. The maximum Gasteiger partial charge on any atom is 1.00 e. The number of carboxylic acid groups (broad SMARTS) is 1. The number of aryl methyl sites for hydroxylation is 3. The summed E-state index contributed by atoms with van der Waals surface area (Å²) < 4.78 is 80.2. The number of nitrogens with one attached hydrogen (secondary N) is 3. The number of nitro benzene ring substituents is 2. The van der Waals surface area contributed by atoms with Gasteiger partial charge in [0.15, 0.2) is 0 Å². The molecule has 2 radical (unpaired) electrons. The number of carbonyl (C=O) groups is 1. The van der Waals surface area contributed by atoms with E-state index in [2.05, 4.69) is 129 Å². The molecular weight excluding hydrogens is 1630 g/mol. The molecule has 7 N–H and O–H groups in total. The number of benzene rings is 3. The van der Waals surface area contributed by atoms with Crippen LogP contribution in [0.25, 0.3) is 33.8 Å². The van der Waals surface area contributed by atoms with Crippen LogP contribution in [0.2, 0.25) is 0 Å². The number of nitro groups is 2. The van der Waals surface area contributed by atoms with Crippen molar-refractivity contribution in [2.24, 2.45) is 0 Å². The molecular formula is C52H42BBr3Cl3F6N15Na2O10Sn. The maximum atomic E-state index is 12.4. The van der Waals surface area contributed by atoms with Gasteiger partial charge >= 0.3 is 118 Å². The Morgan fingerprint density at radius 1 is 0.613 bits per heavy atom. The van der Waals surface area contributed by atoms with Crippen LogP contribution in [0.15, 0.2) is 147 Å². The van der Waals surface area contributed by atoms with Gasteiger partial charge in [-0.3, -0.25) is 35.2 Å². The Morgan fingerprint density at radius 2 is 0.925 bits per heavy atom. The van der Waals surface area contributed by atoms with E-state index in [1.807, 2.05) is 19.9 Å². The summed E-state index contributed by atoms with van der Waals surface area (Å²) in [5.41, 5.74) is 13.8. The monoisotopic (exact) mass is 1670 g/mol. The Bertz CT molecular complexity index is 3880. The molecule has 0 saturated carbocycles. The normalized spacial score (nSPS) is 9.99. The van der Waals surface area contributed by atoms with E-state index in [1.165, 1.54) is 79.6 Å². The molecule has 9 rings (SSSR count). The number of anilines is 7. The van der Waals surface area contributed by atoms with Gasteiger partial charge in [-0.1, -0.05) is 18.2 Å². The molecule has 0 atom stereocenters. The van der Waals surface area contributed by atoms with Crippen LogP contribution in [0.5, 0.6) is 17.2 Å². The largest absolute Gasteiger partial charge is 1.00 e. The average Bonchev–Trinajstić information content (AvgIpc) is 0.963. The third kappa shape index (κ3) is 31.4. The Kier molecular flexibility index (Phi) is 39.4. The van der Waals surface area contributed by atoms with Gasteiger partial charge in [0, 0.05) is 89.5 Å². The summed E-state index contributed by atoms with van der Waals surface area (Å²) in [6, 6.07) is 23.7. The number of rotatable bonds is 16. The minimum atomic E-state index is -4.22. The zero-order chi connectivity index (χ0) is 66.7. The number of pyridine rings is 3. The van der Waals surface area contributed by atoms with Crippen LogP contribution in [0, 0.1) is 41.0 Å². The van der Waals surface area contributed by atoms with Gasteiger partial charge in [-0.05, 0) is 97.6 Å². The summed E-state index contributed by atoms with van der Waals surface area (Å²) in [6.45, 7) is -0.325. The first kappa shape index (κ1) is 84.9. The number of alkyl halides is 7. The third-order valence-corrected chi connectivity index (χ3v) is 10.7. The fraction of sp³-hybridized carbons (Fsp3) is 0.115. The van der Waals surface area contributed by atoms with E-state index in [9.17, 15) is 51.7 Å². The van der Waals surface area contributed by atoms with Crippen molar-refractivity contribution < 1.29 is 125 Å². The first-order valence-corrected chi connectivity index (χ1v) is 34.7. The first-order valence-electron chi connectivity index (χ1n) is 24.3. The molecule has 0 bridgehead atoms. The molecule has 0 amide bonds. The predicted molar refractivity (Wildman–Crippen MR) is 340 cm³/mol. The average molecular weight is 1670 g/mol. The molecule has 0 aliphatic rings. The van der Waals surface area contributed by atoms with Gasteiger partial charge in [-0.15, -0.1) is 47.3 Å². The van der Waals surface area contributed by atoms with Crippen molar-refractivity contribution in [2.75, 3.05) is 21.7 Å². The quantitative estimate of drug-likeness (QED) is 0.0155. The third-order valence-electron chi connectivity index (χ3n) is 10.6. The second kappa shape index (κ2) is 43.1. The van der Waals surface area contributed by atoms with Crippen LogP contribution in [0.1, 0.15) is 16.7 Å². The van der Waals surface area contributed by atoms with E-state index in [0.717, 1.165) is 22.4 Å². The molecule has 0 unspecified atom stereocenters. The predicted octanol–water partition coefficient (Wildman–Crippen LogP) is 7.63. The number of nitrogens with two attached hydrogens (primary N) is 1. The number of halogens is 12. The minimum absolute atomic E-state index is 0. The molecule has 41 heteroatoms. The number of hydrogen-bond acceptors (Lipinski definition) is 23. The Labute approximate surface area is 616 Å². The fourth-order valence-corrected chi connectivity index (χ4v) is 6.61. The van der Waals surface area contributed by atoms with Crippen LogP contribution in [0.4, 0.5) is 78.3 Å². The van der Waals surface area contributed by atoms with Crippen molar-refractivity contribution in [1.82, 2.24) is 44.9 Å². The van der Waals surface area contributed by atoms with Gasteiger partial charge in [-0.25, -0.2) is 29.9 Å². The van der Waals surface area contributed by atoms with E-state index < -0.39 is 53.3 Å². The first-order chi connectivity index (χ1) is 42.5. The second-order valence-electron chi connectivity index (χ2n) is 16.9. The summed E-state index contributed by atoms with van der Waals surface area (Å²) in [5.74, 6) is -1.83. The van der Waals surface area contributed by atoms with Gasteiger partial charge in [0.1, 0.15) is 23.2 Å².